The van der Waals surface area contributed by atoms with E-state index in [4.69, 9.17) is 15.5 Å². The topological polar surface area (TPSA) is 112 Å². The summed E-state index contributed by atoms with van der Waals surface area (Å²) < 4.78 is 5.95. The predicted octanol–water partition coefficient (Wildman–Crippen LogP) is 2.95. The predicted molar refractivity (Wildman–Crippen MR) is 146 cm³/mol. The highest BCUT2D eigenvalue weighted by atomic mass is 16.5. The fourth-order valence-electron chi connectivity index (χ4n) is 5.27. The number of aliphatic imine (C=N–C) groups is 1. The van der Waals surface area contributed by atoms with Crippen molar-refractivity contribution in [3.05, 3.63) is 41.1 Å². The number of nitrogens with two attached hydrogens (primary N) is 1. The molecule has 2 aliphatic rings. The van der Waals surface area contributed by atoms with E-state index in [0.29, 0.717) is 43.3 Å². The Balaban J connectivity index is 1.85. The van der Waals surface area contributed by atoms with Crippen molar-refractivity contribution in [2.24, 2.45) is 10.7 Å². The Hall–Kier alpha value is -2.58. The third kappa shape index (κ3) is 5.70. The average Bonchev–Trinajstić information content (AvgIpc) is 3.02. The molecule has 0 saturated carbocycles. The molecule has 1 aromatic rings. The number of carbonyl (C=O) groups excluding carboxylic acids is 1. The molecule has 36 heavy (non-hydrogen) atoms. The lowest BCUT2D eigenvalue weighted by molar-refractivity contribution is 0.0272. The fraction of sp³-hybridized carbons (Fsp3) is 0.643. The number of amides is 1. The molecular weight excluding hydrogens is 454 g/mol. The number of fused-ring (bicyclic) bond motifs is 1. The molecule has 8 heteroatoms. The smallest absolute Gasteiger partial charge is 0.255 e. The van der Waals surface area contributed by atoms with Crippen molar-refractivity contribution < 1.29 is 14.6 Å². The number of aliphatic hydroxyl groups excluding tert-OH is 1. The molecule has 200 valence electrons. The van der Waals surface area contributed by atoms with E-state index in [-0.39, 0.29) is 17.4 Å². The van der Waals surface area contributed by atoms with Crippen LogP contribution in [0.1, 0.15) is 76.7 Å². The number of nitrogens with zero attached hydrogens (tertiary/aromatic N) is 2. The molecule has 1 amide bonds. The Bertz CT molecular complexity index is 1000. The summed E-state index contributed by atoms with van der Waals surface area (Å²) in [6, 6.07) is 4.95. The SMILES string of the molecule is CCCC(N)=NC(CNC=C(C)C)[C@@]1(C)[C@H](O)[C@H](NC(=O)c2cccc3c2OCCC3(C)C)CN1C. The molecule has 2 aliphatic heterocycles. The maximum Gasteiger partial charge on any atom is 0.255 e. The zero-order valence-electron chi connectivity index (χ0n) is 23.0. The van der Waals surface area contributed by atoms with Gasteiger partial charge in [0.15, 0.2) is 0 Å². The Morgan fingerprint density at radius 1 is 1.36 bits per heavy atom. The number of para-hydroxylation sites is 1. The van der Waals surface area contributed by atoms with Crippen LogP contribution in [0.25, 0.3) is 0 Å². The summed E-state index contributed by atoms with van der Waals surface area (Å²) in [4.78, 5) is 20.4. The summed E-state index contributed by atoms with van der Waals surface area (Å²) in [6.45, 7) is 14.0. The van der Waals surface area contributed by atoms with Crippen LogP contribution in [0.15, 0.2) is 35.0 Å². The second kappa shape index (κ2) is 11.2. The third-order valence-electron chi connectivity index (χ3n) is 7.76. The number of hydrogen-bond donors (Lipinski definition) is 4. The van der Waals surface area contributed by atoms with Crippen molar-refractivity contribution in [2.75, 3.05) is 26.7 Å². The monoisotopic (exact) mass is 499 g/mol. The van der Waals surface area contributed by atoms with Gasteiger partial charge in [-0.05, 0) is 58.3 Å². The van der Waals surface area contributed by atoms with E-state index >= 15 is 0 Å². The first kappa shape index (κ1) is 28.0. The lowest BCUT2D eigenvalue weighted by Gasteiger charge is -2.40. The number of benzene rings is 1. The molecule has 1 saturated heterocycles. The molecule has 5 N–H and O–H groups in total. The van der Waals surface area contributed by atoms with Crippen LogP contribution in [-0.4, -0.2) is 72.2 Å². The summed E-state index contributed by atoms with van der Waals surface area (Å²) >= 11 is 0. The van der Waals surface area contributed by atoms with Gasteiger partial charge in [-0.1, -0.05) is 38.5 Å². The first-order valence-electron chi connectivity index (χ1n) is 13.1. The third-order valence-corrected chi connectivity index (χ3v) is 7.76. The lowest BCUT2D eigenvalue weighted by Crippen LogP contribution is -2.59. The van der Waals surface area contributed by atoms with Gasteiger partial charge in [-0.2, -0.15) is 0 Å². The number of likely N-dealkylation sites (tertiary alicyclic amines) is 1. The van der Waals surface area contributed by atoms with Crippen LogP contribution in [0.2, 0.25) is 0 Å². The van der Waals surface area contributed by atoms with Crippen molar-refractivity contribution >= 4 is 11.7 Å². The summed E-state index contributed by atoms with van der Waals surface area (Å²) in [5, 5.41) is 18.0. The minimum Gasteiger partial charge on any atom is -0.492 e. The van der Waals surface area contributed by atoms with Gasteiger partial charge in [0.2, 0.25) is 0 Å². The summed E-state index contributed by atoms with van der Waals surface area (Å²) in [6.07, 6.45) is 3.60. The Labute approximate surface area is 216 Å². The molecule has 0 aliphatic carbocycles. The van der Waals surface area contributed by atoms with Gasteiger partial charge in [-0.15, -0.1) is 0 Å². The number of rotatable bonds is 9. The number of aliphatic hydroxyl groups is 1. The van der Waals surface area contributed by atoms with Crippen LogP contribution in [0, 0.1) is 0 Å². The summed E-state index contributed by atoms with van der Waals surface area (Å²) in [5.41, 5.74) is 8.15. The van der Waals surface area contributed by atoms with Gasteiger partial charge in [0, 0.05) is 25.1 Å². The highest BCUT2D eigenvalue weighted by molar-refractivity contribution is 5.97. The average molecular weight is 500 g/mol. The van der Waals surface area contributed by atoms with Gasteiger partial charge >= 0.3 is 0 Å². The second-order valence-electron chi connectivity index (χ2n) is 11.3. The molecule has 1 fully saturated rings. The van der Waals surface area contributed by atoms with Gasteiger partial charge in [0.1, 0.15) is 5.75 Å². The highest BCUT2D eigenvalue weighted by Crippen LogP contribution is 2.40. The molecule has 3 rings (SSSR count). The number of allylic oxidation sites excluding steroid dienone is 1. The van der Waals surface area contributed by atoms with Crippen molar-refractivity contribution in [1.82, 2.24) is 15.5 Å². The summed E-state index contributed by atoms with van der Waals surface area (Å²) in [7, 11) is 1.96. The molecule has 1 aromatic carbocycles. The van der Waals surface area contributed by atoms with E-state index in [2.05, 4.69) is 36.3 Å². The second-order valence-corrected chi connectivity index (χ2v) is 11.3. The zero-order valence-corrected chi connectivity index (χ0v) is 23.0. The number of amidine groups is 1. The fourth-order valence-corrected chi connectivity index (χ4v) is 5.27. The molecular formula is C28H45N5O3. The molecule has 2 heterocycles. The van der Waals surface area contributed by atoms with Gasteiger partial charge in [-0.3, -0.25) is 14.7 Å². The van der Waals surface area contributed by atoms with Gasteiger partial charge in [-0.25, -0.2) is 0 Å². The van der Waals surface area contributed by atoms with E-state index in [1.165, 1.54) is 0 Å². The number of hydrogen-bond acceptors (Lipinski definition) is 6. The number of likely N-dealkylation sites (N-methyl/N-ethyl adjacent to an activating group) is 1. The normalized spacial score (nSPS) is 26.5. The van der Waals surface area contributed by atoms with E-state index in [9.17, 15) is 9.90 Å². The molecule has 0 bridgehead atoms. The van der Waals surface area contributed by atoms with Crippen molar-refractivity contribution in [2.45, 2.75) is 89.9 Å². The van der Waals surface area contributed by atoms with Crippen LogP contribution in [0.3, 0.4) is 0 Å². The van der Waals surface area contributed by atoms with Crippen LogP contribution in [-0.2, 0) is 5.41 Å². The van der Waals surface area contributed by atoms with Crippen LogP contribution < -0.4 is 21.1 Å². The van der Waals surface area contributed by atoms with E-state index in [1.54, 1.807) is 6.07 Å². The Morgan fingerprint density at radius 2 is 2.08 bits per heavy atom. The Kier molecular flexibility index (Phi) is 8.72. The molecule has 0 spiro atoms. The number of carbonyl (C=O) groups is 1. The largest absolute Gasteiger partial charge is 0.492 e. The number of ether oxygens (including phenoxy) is 1. The maximum atomic E-state index is 13.4. The summed E-state index contributed by atoms with van der Waals surface area (Å²) in [5.74, 6) is 0.988. The van der Waals surface area contributed by atoms with E-state index in [1.807, 2.05) is 46.2 Å². The van der Waals surface area contributed by atoms with Gasteiger partial charge in [0.25, 0.3) is 5.91 Å². The van der Waals surface area contributed by atoms with Crippen molar-refractivity contribution in [3.63, 3.8) is 0 Å². The molecule has 4 atom stereocenters. The Morgan fingerprint density at radius 3 is 2.75 bits per heavy atom. The van der Waals surface area contributed by atoms with Crippen LogP contribution in [0.4, 0.5) is 0 Å². The zero-order chi connectivity index (χ0) is 26.7. The minimum atomic E-state index is -0.847. The first-order chi connectivity index (χ1) is 16.9. The van der Waals surface area contributed by atoms with E-state index in [0.717, 1.165) is 24.0 Å². The standard InChI is InChI=1S/C28H45N5O3/c1-8-10-23(29)32-22(16-30-15-18(2)3)28(6)25(34)21(17-33(28)7)31-26(35)19-11-9-12-20-24(19)36-14-13-27(20,4)5/h9,11-12,15,21-22,25,30,34H,8,10,13-14,16-17H2,1-7H3,(H2,29,32)(H,31,35)/t21-,22?,25-,28+/m1/s1. The lowest BCUT2D eigenvalue weighted by atomic mass is 9.79. The van der Waals surface area contributed by atoms with E-state index < -0.39 is 17.7 Å². The molecule has 1 unspecified atom stereocenters. The molecule has 0 aromatic heterocycles. The van der Waals surface area contributed by atoms with Crippen molar-refractivity contribution in [1.29, 1.82) is 0 Å². The maximum absolute atomic E-state index is 13.4. The van der Waals surface area contributed by atoms with Crippen LogP contribution >= 0.6 is 0 Å². The first-order valence-corrected chi connectivity index (χ1v) is 13.1. The van der Waals surface area contributed by atoms with Crippen LogP contribution in [0.5, 0.6) is 5.75 Å². The van der Waals surface area contributed by atoms with Crippen molar-refractivity contribution in [3.8, 4) is 5.75 Å². The molecule has 8 nitrogen and oxygen atoms in total. The minimum absolute atomic E-state index is 0.0581. The van der Waals surface area contributed by atoms with Gasteiger partial charge < -0.3 is 26.2 Å². The number of nitrogens with one attached hydrogen (secondary N) is 2. The quantitative estimate of drug-likeness (QED) is 0.307. The molecule has 0 radical (unpaired) electrons. The van der Waals surface area contributed by atoms with Gasteiger partial charge in [0.05, 0.1) is 41.7 Å². The highest BCUT2D eigenvalue weighted by Gasteiger charge is 2.53.